The minimum Gasteiger partial charge on any atom is -0.343 e. The summed E-state index contributed by atoms with van der Waals surface area (Å²) in [5, 5.41) is 5.50. The van der Waals surface area contributed by atoms with Crippen LogP contribution in [0.4, 0.5) is 19.6 Å². The molecule has 2 aromatic heterocycles. The van der Waals surface area contributed by atoms with Crippen LogP contribution in [0.1, 0.15) is 29.3 Å². The first-order valence-corrected chi connectivity index (χ1v) is 9.94. The van der Waals surface area contributed by atoms with Crippen LogP contribution >= 0.6 is 11.3 Å². The number of carbonyl (C=O) groups is 1. The lowest BCUT2D eigenvalue weighted by Gasteiger charge is -2.30. The summed E-state index contributed by atoms with van der Waals surface area (Å²) in [7, 11) is 0. The highest BCUT2D eigenvalue weighted by atomic mass is 32.1. The molecule has 4 rings (SSSR count). The number of nitrogens with one attached hydrogen (secondary N) is 1. The number of pyridine rings is 1. The average molecular weight is 412 g/mol. The fraction of sp³-hybridized carbons (Fsp3) is 0.190. The molecule has 0 fully saturated rings. The van der Waals surface area contributed by atoms with Gasteiger partial charge in [-0.3, -0.25) is 9.78 Å². The first-order valence-electron chi connectivity index (χ1n) is 9.07. The van der Waals surface area contributed by atoms with E-state index < -0.39 is 23.1 Å². The summed E-state index contributed by atoms with van der Waals surface area (Å²) in [5.74, 6) is -2.84. The molecule has 0 radical (unpaired) electrons. The van der Waals surface area contributed by atoms with Gasteiger partial charge in [-0.05, 0) is 36.6 Å². The molecule has 3 aromatic rings. The molecular formula is C21H18F2N4OS. The maximum absolute atomic E-state index is 13.7. The zero-order valence-electron chi connectivity index (χ0n) is 15.7. The largest absolute Gasteiger partial charge is 0.343 e. The Kier molecular flexibility index (Phi) is 5.35. The highest BCUT2D eigenvalue weighted by Crippen LogP contribution is 2.31. The summed E-state index contributed by atoms with van der Waals surface area (Å²) in [4.78, 5) is 22.3. The van der Waals surface area contributed by atoms with Gasteiger partial charge in [-0.15, -0.1) is 11.3 Å². The number of anilines is 2. The van der Waals surface area contributed by atoms with Gasteiger partial charge in [0.25, 0.3) is 5.91 Å². The number of benzene rings is 1. The van der Waals surface area contributed by atoms with Crippen molar-refractivity contribution in [3.8, 4) is 0 Å². The lowest BCUT2D eigenvalue weighted by atomic mass is 9.95. The van der Waals surface area contributed by atoms with Gasteiger partial charge in [0.2, 0.25) is 0 Å². The topological polar surface area (TPSA) is 58.1 Å². The number of aromatic nitrogens is 2. The maximum atomic E-state index is 13.7. The van der Waals surface area contributed by atoms with Crippen LogP contribution < -0.4 is 10.2 Å². The number of carbonyl (C=O) groups excluding carboxylic acids is 1. The molecule has 1 aliphatic heterocycles. The van der Waals surface area contributed by atoms with E-state index in [1.165, 1.54) is 11.1 Å². The number of nitrogens with zero attached hydrogens (tertiary/aromatic N) is 3. The Morgan fingerprint density at radius 2 is 1.90 bits per heavy atom. The van der Waals surface area contributed by atoms with Crippen molar-refractivity contribution < 1.29 is 13.6 Å². The molecule has 29 heavy (non-hydrogen) atoms. The van der Waals surface area contributed by atoms with Crippen LogP contribution in [0, 0.1) is 11.6 Å². The van der Waals surface area contributed by atoms with Crippen LogP contribution in [-0.2, 0) is 0 Å². The van der Waals surface area contributed by atoms with Crippen molar-refractivity contribution in [3.63, 3.8) is 0 Å². The van der Waals surface area contributed by atoms with Gasteiger partial charge >= 0.3 is 0 Å². The molecule has 1 N–H and O–H groups in total. The Bertz CT molecular complexity index is 1040. The second-order valence-corrected chi connectivity index (χ2v) is 7.63. The second-order valence-electron chi connectivity index (χ2n) is 6.75. The Balaban J connectivity index is 1.51. The van der Waals surface area contributed by atoms with Gasteiger partial charge in [0.1, 0.15) is 5.56 Å². The van der Waals surface area contributed by atoms with Crippen molar-refractivity contribution in [2.75, 3.05) is 23.3 Å². The number of hydrogen-bond acceptors (Lipinski definition) is 5. The van der Waals surface area contributed by atoms with E-state index in [4.69, 9.17) is 0 Å². The molecule has 0 unspecified atom stereocenters. The number of rotatable bonds is 4. The molecular weight excluding hydrogens is 394 g/mol. The molecule has 0 saturated heterocycles. The highest BCUT2D eigenvalue weighted by Gasteiger charge is 2.20. The number of halogens is 2. The third-order valence-electron chi connectivity index (χ3n) is 4.88. The van der Waals surface area contributed by atoms with E-state index in [1.807, 2.05) is 17.5 Å². The monoisotopic (exact) mass is 412 g/mol. The van der Waals surface area contributed by atoms with Gasteiger partial charge in [0, 0.05) is 30.4 Å². The van der Waals surface area contributed by atoms with E-state index in [-0.39, 0.29) is 0 Å². The van der Waals surface area contributed by atoms with Crippen molar-refractivity contribution in [1.82, 2.24) is 9.97 Å². The summed E-state index contributed by atoms with van der Waals surface area (Å²) in [5.41, 5.74) is 3.39. The van der Waals surface area contributed by atoms with Gasteiger partial charge in [-0.1, -0.05) is 17.7 Å². The van der Waals surface area contributed by atoms with E-state index >= 15 is 0 Å². The molecule has 8 heteroatoms. The SMILES string of the molecule is CC1=C(c2ccc(NC(=O)c3c(F)cncc3F)cc2)CN(c2nccs2)CC1. The fourth-order valence-corrected chi connectivity index (χ4v) is 3.98. The van der Waals surface area contributed by atoms with Gasteiger partial charge in [0.05, 0.1) is 12.4 Å². The van der Waals surface area contributed by atoms with Crippen molar-refractivity contribution in [3.05, 3.63) is 76.6 Å². The molecule has 148 valence electrons. The first kappa shape index (κ1) is 19.2. The zero-order chi connectivity index (χ0) is 20.4. The van der Waals surface area contributed by atoms with Crippen LogP contribution in [0.5, 0.6) is 0 Å². The van der Waals surface area contributed by atoms with E-state index in [1.54, 1.807) is 29.7 Å². The van der Waals surface area contributed by atoms with Crippen LogP contribution in [-0.4, -0.2) is 29.0 Å². The van der Waals surface area contributed by atoms with Crippen molar-refractivity contribution in [2.24, 2.45) is 0 Å². The van der Waals surface area contributed by atoms with Crippen LogP contribution in [0.2, 0.25) is 0 Å². The Labute approximate surface area is 170 Å². The average Bonchev–Trinajstić information content (AvgIpc) is 3.24. The lowest BCUT2D eigenvalue weighted by molar-refractivity contribution is 0.101. The smallest absolute Gasteiger partial charge is 0.261 e. The Morgan fingerprint density at radius 1 is 1.17 bits per heavy atom. The predicted molar refractivity (Wildman–Crippen MR) is 110 cm³/mol. The summed E-state index contributed by atoms with van der Waals surface area (Å²) in [6.45, 7) is 3.82. The van der Waals surface area contributed by atoms with Crippen LogP contribution in [0.3, 0.4) is 0 Å². The quantitative estimate of drug-likeness (QED) is 0.672. The normalized spacial score (nSPS) is 14.2. The predicted octanol–water partition coefficient (Wildman–Crippen LogP) is 4.75. The maximum Gasteiger partial charge on any atom is 0.261 e. The molecule has 1 aromatic carbocycles. The molecule has 0 aliphatic carbocycles. The van der Waals surface area contributed by atoms with Gasteiger partial charge in [-0.25, -0.2) is 13.8 Å². The molecule has 1 aliphatic rings. The highest BCUT2D eigenvalue weighted by molar-refractivity contribution is 7.13. The summed E-state index contributed by atoms with van der Waals surface area (Å²) >= 11 is 1.62. The van der Waals surface area contributed by atoms with Crippen molar-refractivity contribution in [1.29, 1.82) is 0 Å². The molecule has 0 bridgehead atoms. The van der Waals surface area contributed by atoms with Gasteiger partial charge < -0.3 is 10.2 Å². The van der Waals surface area contributed by atoms with Gasteiger partial charge in [0.15, 0.2) is 16.8 Å². The Morgan fingerprint density at radius 3 is 2.55 bits per heavy atom. The van der Waals surface area contributed by atoms with E-state index in [2.05, 4.69) is 27.1 Å². The number of hydrogen-bond donors (Lipinski definition) is 1. The molecule has 5 nitrogen and oxygen atoms in total. The lowest BCUT2D eigenvalue weighted by Crippen LogP contribution is -2.30. The molecule has 1 amide bonds. The third kappa shape index (κ3) is 4.02. The molecule has 0 saturated carbocycles. The zero-order valence-corrected chi connectivity index (χ0v) is 16.5. The van der Waals surface area contributed by atoms with Crippen molar-refractivity contribution >= 4 is 33.6 Å². The second kappa shape index (κ2) is 8.08. The molecule has 0 spiro atoms. The summed E-state index contributed by atoms with van der Waals surface area (Å²) < 4.78 is 27.5. The Hall–Kier alpha value is -3.13. The molecule has 3 heterocycles. The third-order valence-corrected chi connectivity index (χ3v) is 5.71. The van der Waals surface area contributed by atoms with E-state index in [9.17, 15) is 13.6 Å². The minimum atomic E-state index is -0.996. The van der Waals surface area contributed by atoms with Crippen LogP contribution in [0.25, 0.3) is 5.57 Å². The minimum absolute atomic E-state index is 0.459. The number of thiazole rings is 1. The standard InChI is InChI=1S/C21H18F2N4OS/c1-13-6-8-27(21-25-7-9-29-21)12-16(13)14-2-4-15(5-3-14)26-20(28)19-17(22)10-24-11-18(19)23/h2-5,7,9-11H,6,8,12H2,1H3,(H,26,28). The fourth-order valence-electron chi connectivity index (χ4n) is 3.31. The molecule has 0 atom stereocenters. The summed E-state index contributed by atoms with van der Waals surface area (Å²) in [6.07, 6.45) is 4.38. The summed E-state index contributed by atoms with van der Waals surface area (Å²) in [6, 6.07) is 7.26. The first-order chi connectivity index (χ1) is 14.0. The van der Waals surface area contributed by atoms with Gasteiger partial charge in [-0.2, -0.15) is 0 Å². The van der Waals surface area contributed by atoms with Crippen molar-refractivity contribution in [2.45, 2.75) is 13.3 Å². The van der Waals surface area contributed by atoms with E-state index in [0.29, 0.717) is 5.69 Å². The van der Waals surface area contributed by atoms with E-state index in [0.717, 1.165) is 42.6 Å². The number of amides is 1. The van der Waals surface area contributed by atoms with Crippen LogP contribution in [0.15, 0.2) is 53.8 Å².